The molecule has 3 rings (SSSR count). The fraction of sp³-hybridized carbons (Fsp3) is 0.538. The van der Waals surface area contributed by atoms with Crippen LogP contribution < -0.4 is 5.56 Å². The Labute approximate surface area is 110 Å². The van der Waals surface area contributed by atoms with Crippen molar-refractivity contribution in [2.75, 3.05) is 0 Å². The lowest BCUT2D eigenvalue weighted by atomic mass is 10.1. The zero-order valence-electron chi connectivity index (χ0n) is 11.0. The summed E-state index contributed by atoms with van der Waals surface area (Å²) >= 11 is 0. The van der Waals surface area contributed by atoms with Gasteiger partial charge in [-0.3, -0.25) is 4.79 Å². The van der Waals surface area contributed by atoms with Gasteiger partial charge in [0.15, 0.2) is 0 Å². The number of aromatic nitrogens is 3. The first-order valence-electron chi connectivity index (χ1n) is 6.51. The van der Waals surface area contributed by atoms with E-state index in [9.17, 15) is 9.90 Å². The molecule has 2 N–H and O–H groups in total. The maximum absolute atomic E-state index is 11.8. The highest BCUT2D eigenvalue weighted by atomic mass is 16.5. The monoisotopic (exact) mass is 263 g/mol. The molecule has 0 radical (unpaired) electrons. The topological polar surface area (TPSA) is 80.1 Å². The first-order valence-corrected chi connectivity index (χ1v) is 6.51. The van der Waals surface area contributed by atoms with E-state index in [-0.39, 0.29) is 17.9 Å². The molecule has 0 bridgehead atoms. The summed E-state index contributed by atoms with van der Waals surface area (Å²) in [4.78, 5) is 18.9. The van der Waals surface area contributed by atoms with Crippen molar-refractivity contribution in [1.29, 1.82) is 0 Å². The summed E-state index contributed by atoms with van der Waals surface area (Å²) in [5, 5.41) is 10.5. The van der Waals surface area contributed by atoms with Gasteiger partial charge in [0.05, 0.1) is 17.6 Å². The molecule has 3 heterocycles. The number of hydrogen-bond donors (Lipinski definition) is 2. The highest BCUT2D eigenvalue weighted by molar-refractivity contribution is 5.75. The molecule has 19 heavy (non-hydrogen) atoms. The maximum atomic E-state index is 11.8. The van der Waals surface area contributed by atoms with Gasteiger partial charge in [0.25, 0.3) is 5.56 Å². The zero-order chi connectivity index (χ0) is 13.6. The molecule has 0 aliphatic carbocycles. The quantitative estimate of drug-likeness (QED) is 0.850. The third kappa shape index (κ3) is 1.97. The number of aliphatic hydroxyl groups excluding tert-OH is 1. The van der Waals surface area contributed by atoms with Gasteiger partial charge in [0.1, 0.15) is 17.7 Å². The number of aryl methyl sites for hydroxylation is 1. The summed E-state index contributed by atoms with van der Waals surface area (Å²) in [5.74, 6) is 0.572. The van der Waals surface area contributed by atoms with Gasteiger partial charge in [-0.1, -0.05) is 6.92 Å². The summed E-state index contributed by atoms with van der Waals surface area (Å²) in [6.45, 7) is 3.73. The van der Waals surface area contributed by atoms with E-state index in [1.807, 2.05) is 11.5 Å². The largest absolute Gasteiger partial charge is 0.390 e. The van der Waals surface area contributed by atoms with E-state index in [1.165, 1.54) is 0 Å². The number of hydrogen-bond acceptors (Lipinski definition) is 4. The molecule has 3 atom stereocenters. The number of H-pyrrole nitrogens is 1. The van der Waals surface area contributed by atoms with Crippen molar-refractivity contribution >= 4 is 11.0 Å². The van der Waals surface area contributed by atoms with Crippen LogP contribution in [0.1, 0.15) is 31.8 Å². The van der Waals surface area contributed by atoms with Crippen molar-refractivity contribution in [3.63, 3.8) is 0 Å². The third-order valence-electron chi connectivity index (χ3n) is 3.62. The average molecular weight is 263 g/mol. The molecular weight excluding hydrogens is 246 g/mol. The highest BCUT2D eigenvalue weighted by Gasteiger charge is 2.34. The van der Waals surface area contributed by atoms with Crippen molar-refractivity contribution in [3.05, 3.63) is 28.4 Å². The van der Waals surface area contributed by atoms with E-state index >= 15 is 0 Å². The van der Waals surface area contributed by atoms with E-state index < -0.39 is 6.10 Å². The van der Waals surface area contributed by atoms with Gasteiger partial charge < -0.3 is 19.4 Å². The molecule has 1 aliphatic heterocycles. The number of nitrogens with one attached hydrogen (secondary N) is 1. The molecule has 102 valence electrons. The second-order valence-electron chi connectivity index (χ2n) is 4.95. The predicted octanol–water partition coefficient (Wildman–Crippen LogP) is 1.09. The Kier molecular flexibility index (Phi) is 2.91. The molecular formula is C13H17N3O3. The number of nitrogens with zero attached hydrogens (tertiary/aromatic N) is 2. The molecule has 1 fully saturated rings. The first kappa shape index (κ1) is 12.4. The molecule has 6 nitrogen and oxygen atoms in total. The highest BCUT2D eigenvalue weighted by Crippen LogP contribution is 2.32. The fourth-order valence-electron chi connectivity index (χ4n) is 2.64. The molecule has 0 saturated carbocycles. The normalized spacial score (nSPS) is 27.2. The summed E-state index contributed by atoms with van der Waals surface area (Å²) in [6, 6.07) is 1.73. The lowest BCUT2D eigenvalue weighted by Gasteiger charge is -2.14. The van der Waals surface area contributed by atoms with Gasteiger partial charge in [-0.25, -0.2) is 4.98 Å². The van der Waals surface area contributed by atoms with E-state index in [0.717, 1.165) is 6.42 Å². The number of aliphatic hydroxyl groups is 1. The molecule has 1 aliphatic rings. The Morgan fingerprint density at radius 2 is 2.42 bits per heavy atom. The van der Waals surface area contributed by atoms with Gasteiger partial charge in [0.2, 0.25) is 0 Å². The van der Waals surface area contributed by atoms with Crippen molar-refractivity contribution < 1.29 is 9.84 Å². The molecule has 2 aromatic rings. The first-order chi connectivity index (χ1) is 9.10. The van der Waals surface area contributed by atoms with Crippen molar-refractivity contribution in [2.24, 2.45) is 0 Å². The van der Waals surface area contributed by atoms with Gasteiger partial charge in [-0.05, 0) is 19.4 Å². The smallest absolute Gasteiger partial charge is 0.260 e. The number of aromatic amines is 1. The lowest BCUT2D eigenvalue weighted by molar-refractivity contribution is -0.0180. The summed E-state index contributed by atoms with van der Waals surface area (Å²) < 4.78 is 7.65. The number of rotatable bonds is 2. The zero-order valence-corrected chi connectivity index (χ0v) is 11.0. The van der Waals surface area contributed by atoms with Crippen LogP contribution in [0.15, 0.2) is 17.1 Å². The standard InChI is InChI=1S/C13H17N3O3/c1-3-10-9(17)6-11(19-10)16-5-4-8-12(16)14-7(2)15-13(8)18/h4-5,9-11,17H,3,6H2,1-2H3,(H,14,15,18)/t9-,10?,11?/m1/s1. The minimum atomic E-state index is -0.462. The Morgan fingerprint density at radius 1 is 1.63 bits per heavy atom. The molecule has 2 unspecified atom stereocenters. The second-order valence-corrected chi connectivity index (χ2v) is 4.95. The molecule has 0 spiro atoms. The van der Waals surface area contributed by atoms with Crippen molar-refractivity contribution in [2.45, 2.75) is 45.1 Å². The molecule has 6 heteroatoms. The van der Waals surface area contributed by atoms with Crippen LogP contribution in [0.3, 0.4) is 0 Å². The second kappa shape index (κ2) is 4.47. The van der Waals surface area contributed by atoms with Crippen LogP contribution in [-0.4, -0.2) is 31.8 Å². The Bertz CT molecular complexity index is 661. The SMILES string of the molecule is CCC1OC(n2ccc3c(=O)[nH]c(C)nc32)C[C@H]1O. The van der Waals surface area contributed by atoms with Crippen LogP contribution in [0.4, 0.5) is 0 Å². The van der Waals surface area contributed by atoms with Crippen LogP contribution in [0.25, 0.3) is 11.0 Å². The van der Waals surface area contributed by atoms with Gasteiger partial charge in [0, 0.05) is 12.6 Å². The van der Waals surface area contributed by atoms with Crippen LogP contribution in [0.2, 0.25) is 0 Å². The molecule has 0 amide bonds. The van der Waals surface area contributed by atoms with E-state index in [0.29, 0.717) is 23.3 Å². The maximum Gasteiger partial charge on any atom is 0.260 e. The van der Waals surface area contributed by atoms with E-state index in [2.05, 4.69) is 9.97 Å². The summed E-state index contributed by atoms with van der Waals surface area (Å²) in [6.07, 6.45) is 2.22. The van der Waals surface area contributed by atoms with Gasteiger partial charge in [-0.15, -0.1) is 0 Å². The van der Waals surface area contributed by atoms with E-state index in [1.54, 1.807) is 19.2 Å². The number of fused-ring (bicyclic) bond motifs is 1. The van der Waals surface area contributed by atoms with Crippen LogP contribution >= 0.6 is 0 Å². The number of ether oxygens (including phenoxy) is 1. The Balaban J connectivity index is 2.05. The van der Waals surface area contributed by atoms with Crippen LogP contribution in [-0.2, 0) is 4.74 Å². The van der Waals surface area contributed by atoms with Crippen LogP contribution in [0, 0.1) is 6.92 Å². The fourth-order valence-corrected chi connectivity index (χ4v) is 2.64. The minimum absolute atomic E-state index is 0.146. The minimum Gasteiger partial charge on any atom is -0.390 e. The van der Waals surface area contributed by atoms with Crippen molar-refractivity contribution in [1.82, 2.24) is 14.5 Å². The van der Waals surface area contributed by atoms with Gasteiger partial charge in [-0.2, -0.15) is 0 Å². The predicted molar refractivity (Wildman–Crippen MR) is 69.9 cm³/mol. The molecule has 1 saturated heterocycles. The Hall–Kier alpha value is -1.66. The average Bonchev–Trinajstić information content (AvgIpc) is 2.92. The summed E-state index contributed by atoms with van der Waals surface area (Å²) in [5.41, 5.74) is 0.460. The molecule has 0 aromatic carbocycles. The Morgan fingerprint density at radius 3 is 3.11 bits per heavy atom. The molecule has 2 aromatic heterocycles. The van der Waals surface area contributed by atoms with Crippen LogP contribution in [0.5, 0.6) is 0 Å². The summed E-state index contributed by atoms with van der Waals surface area (Å²) in [7, 11) is 0. The van der Waals surface area contributed by atoms with Crippen molar-refractivity contribution in [3.8, 4) is 0 Å². The third-order valence-corrected chi connectivity index (χ3v) is 3.62. The van der Waals surface area contributed by atoms with E-state index in [4.69, 9.17) is 4.74 Å². The lowest BCUT2D eigenvalue weighted by Crippen LogP contribution is -2.19. The van der Waals surface area contributed by atoms with Gasteiger partial charge >= 0.3 is 0 Å².